The van der Waals surface area contributed by atoms with Crippen LogP contribution in [-0.2, 0) is 16.0 Å². The van der Waals surface area contributed by atoms with Gasteiger partial charge in [0.2, 0.25) is 5.91 Å². The third kappa shape index (κ3) is 2.79. The van der Waals surface area contributed by atoms with E-state index >= 15 is 0 Å². The maximum Gasteiger partial charge on any atom is 0.227 e. The minimum atomic E-state index is 0.229. The summed E-state index contributed by atoms with van der Waals surface area (Å²) in [6.45, 7) is 1.42. The van der Waals surface area contributed by atoms with Crippen LogP contribution in [0.25, 0.3) is 0 Å². The Kier molecular flexibility index (Phi) is 3.80. The SMILES string of the molecule is O=C(Cc1ccc(S)cc1)N1CCOC2CCCC21. The van der Waals surface area contributed by atoms with Crippen LogP contribution in [0.4, 0.5) is 0 Å². The Morgan fingerprint density at radius 2 is 2.11 bits per heavy atom. The van der Waals surface area contributed by atoms with E-state index in [9.17, 15) is 4.79 Å². The highest BCUT2D eigenvalue weighted by atomic mass is 32.1. The fraction of sp³-hybridized carbons (Fsp3) is 0.533. The number of fused-ring (bicyclic) bond motifs is 1. The molecule has 1 aliphatic carbocycles. The highest BCUT2D eigenvalue weighted by Crippen LogP contribution is 2.30. The molecule has 0 spiro atoms. The largest absolute Gasteiger partial charge is 0.374 e. The van der Waals surface area contributed by atoms with Crippen LogP contribution in [0.2, 0.25) is 0 Å². The zero-order valence-corrected chi connectivity index (χ0v) is 11.8. The van der Waals surface area contributed by atoms with Gasteiger partial charge in [-0.25, -0.2) is 0 Å². The third-order valence-corrected chi connectivity index (χ3v) is 4.39. The summed E-state index contributed by atoms with van der Waals surface area (Å²) in [6.07, 6.45) is 4.12. The van der Waals surface area contributed by atoms with E-state index in [1.165, 1.54) is 6.42 Å². The lowest BCUT2D eigenvalue weighted by atomic mass is 10.1. The number of ether oxygens (including phenoxy) is 1. The predicted octanol–water partition coefficient (Wildman–Crippen LogP) is 2.30. The Labute approximate surface area is 119 Å². The zero-order chi connectivity index (χ0) is 13.2. The summed E-state index contributed by atoms with van der Waals surface area (Å²) in [5.41, 5.74) is 1.06. The van der Waals surface area contributed by atoms with E-state index in [1.54, 1.807) is 0 Å². The number of nitrogens with zero attached hydrogens (tertiary/aromatic N) is 1. The number of hydrogen-bond acceptors (Lipinski definition) is 3. The highest BCUT2D eigenvalue weighted by Gasteiger charge is 2.38. The maximum atomic E-state index is 12.4. The Morgan fingerprint density at radius 3 is 2.89 bits per heavy atom. The van der Waals surface area contributed by atoms with E-state index in [4.69, 9.17) is 4.74 Å². The molecule has 1 saturated carbocycles. The molecule has 3 nitrogen and oxygen atoms in total. The van der Waals surface area contributed by atoms with E-state index in [0.29, 0.717) is 19.1 Å². The molecule has 1 aliphatic heterocycles. The lowest BCUT2D eigenvalue weighted by Crippen LogP contribution is -2.51. The Hall–Kier alpha value is -1.00. The van der Waals surface area contributed by atoms with Crippen LogP contribution in [0, 0.1) is 0 Å². The molecule has 4 heteroatoms. The van der Waals surface area contributed by atoms with Crippen molar-refractivity contribution >= 4 is 18.5 Å². The molecule has 0 aromatic heterocycles. The molecule has 19 heavy (non-hydrogen) atoms. The van der Waals surface area contributed by atoms with E-state index < -0.39 is 0 Å². The smallest absolute Gasteiger partial charge is 0.227 e. The molecule has 2 fully saturated rings. The third-order valence-electron chi connectivity index (χ3n) is 4.09. The van der Waals surface area contributed by atoms with Gasteiger partial charge in [-0.2, -0.15) is 0 Å². The molecule has 0 radical (unpaired) electrons. The number of carbonyl (C=O) groups excluding carboxylic acids is 1. The summed E-state index contributed by atoms with van der Waals surface area (Å²) in [5.74, 6) is 0.229. The van der Waals surface area contributed by atoms with Crippen LogP contribution in [0.3, 0.4) is 0 Å². The monoisotopic (exact) mass is 277 g/mol. The number of carbonyl (C=O) groups is 1. The van der Waals surface area contributed by atoms with Gasteiger partial charge < -0.3 is 9.64 Å². The van der Waals surface area contributed by atoms with Crippen molar-refractivity contribution in [2.45, 2.75) is 42.7 Å². The van der Waals surface area contributed by atoms with Crippen molar-refractivity contribution in [2.75, 3.05) is 13.2 Å². The predicted molar refractivity (Wildman–Crippen MR) is 76.5 cm³/mol. The van der Waals surface area contributed by atoms with Crippen LogP contribution in [0.1, 0.15) is 24.8 Å². The summed E-state index contributed by atoms with van der Waals surface area (Å²) >= 11 is 4.26. The first-order valence-corrected chi connectivity index (χ1v) is 7.38. The van der Waals surface area contributed by atoms with E-state index in [2.05, 4.69) is 12.6 Å². The number of benzene rings is 1. The van der Waals surface area contributed by atoms with Crippen LogP contribution in [0.15, 0.2) is 29.2 Å². The molecule has 3 rings (SSSR count). The number of amides is 1. The number of hydrogen-bond donors (Lipinski definition) is 1. The minimum Gasteiger partial charge on any atom is -0.374 e. The molecule has 2 aliphatic rings. The van der Waals surface area contributed by atoms with Crippen LogP contribution < -0.4 is 0 Å². The standard InChI is InChI=1S/C15H19NO2S/c17-15(10-11-4-6-12(19)7-5-11)16-8-9-18-14-3-1-2-13(14)16/h4-7,13-14,19H,1-3,8-10H2. The van der Waals surface area contributed by atoms with Gasteiger partial charge in [0.15, 0.2) is 0 Å². The molecule has 2 unspecified atom stereocenters. The number of morpholine rings is 1. The maximum absolute atomic E-state index is 12.4. The Balaban J connectivity index is 1.67. The van der Waals surface area contributed by atoms with Gasteiger partial charge in [0.25, 0.3) is 0 Å². The molecule has 1 heterocycles. The van der Waals surface area contributed by atoms with Crippen molar-refractivity contribution in [1.82, 2.24) is 4.90 Å². The fourth-order valence-corrected chi connectivity index (χ4v) is 3.27. The quantitative estimate of drug-likeness (QED) is 0.841. The highest BCUT2D eigenvalue weighted by molar-refractivity contribution is 7.80. The van der Waals surface area contributed by atoms with E-state index in [-0.39, 0.29) is 12.0 Å². The van der Waals surface area contributed by atoms with Crippen molar-refractivity contribution in [3.05, 3.63) is 29.8 Å². The van der Waals surface area contributed by atoms with Crippen LogP contribution in [0.5, 0.6) is 0 Å². The summed E-state index contributed by atoms with van der Waals surface area (Å²) in [4.78, 5) is 15.4. The van der Waals surface area contributed by atoms with E-state index in [1.807, 2.05) is 29.2 Å². The molecule has 1 aromatic rings. The van der Waals surface area contributed by atoms with Crippen molar-refractivity contribution in [2.24, 2.45) is 0 Å². The molecule has 1 saturated heterocycles. The first kappa shape index (κ1) is 13.0. The molecular formula is C15H19NO2S. The molecule has 102 valence electrons. The van der Waals surface area contributed by atoms with Crippen molar-refractivity contribution < 1.29 is 9.53 Å². The van der Waals surface area contributed by atoms with Gasteiger partial charge in [-0.15, -0.1) is 12.6 Å². The average Bonchev–Trinajstić information content (AvgIpc) is 2.89. The summed E-state index contributed by atoms with van der Waals surface area (Å²) in [7, 11) is 0. The van der Waals surface area contributed by atoms with Crippen molar-refractivity contribution in [3.8, 4) is 0 Å². The molecule has 0 N–H and O–H groups in total. The summed E-state index contributed by atoms with van der Waals surface area (Å²) in [5, 5.41) is 0. The van der Waals surface area contributed by atoms with Gasteiger partial charge in [-0.1, -0.05) is 12.1 Å². The van der Waals surface area contributed by atoms with Crippen molar-refractivity contribution in [3.63, 3.8) is 0 Å². The van der Waals surface area contributed by atoms with Crippen LogP contribution in [-0.4, -0.2) is 36.1 Å². The molecule has 1 aromatic carbocycles. The topological polar surface area (TPSA) is 29.5 Å². The second kappa shape index (κ2) is 5.55. The fourth-order valence-electron chi connectivity index (χ4n) is 3.13. The summed E-state index contributed by atoms with van der Waals surface area (Å²) < 4.78 is 5.74. The number of rotatable bonds is 2. The molecule has 2 atom stereocenters. The molecule has 0 bridgehead atoms. The van der Waals surface area contributed by atoms with E-state index in [0.717, 1.165) is 29.8 Å². The second-order valence-corrected chi connectivity index (χ2v) is 5.85. The molecule has 1 amide bonds. The van der Waals surface area contributed by atoms with Gasteiger partial charge in [-0.05, 0) is 37.0 Å². The van der Waals surface area contributed by atoms with Gasteiger partial charge in [0, 0.05) is 11.4 Å². The van der Waals surface area contributed by atoms with Gasteiger partial charge in [-0.3, -0.25) is 4.79 Å². The second-order valence-electron chi connectivity index (χ2n) is 5.34. The minimum absolute atomic E-state index is 0.229. The van der Waals surface area contributed by atoms with Gasteiger partial charge in [0.05, 0.1) is 25.2 Å². The Bertz CT molecular complexity index is 460. The lowest BCUT2D eigenvalue weighted by Gasteiger charge is -2.37. The first-order chi connectivity index (χ1) is 9.24. The average molecular weight is 277 g/mol. The summed E-state index contributed by atoms with van der Waals surface area (Å²) in [6, 6.07) is 8.14. The lowest BCUT2D eigenvalue weighted by molar-refractivity contribution is -0.143. The van der Waals surface area contributed by atoms with Crippen LogP contribution >= 0.6 is 12.6 Å². The van der Waals surface area contributed by atoms with Gasteiger partial charge in [0.1, 0.15) is 0 Å². The number of thiol groups is 1. The van der Waals surface area contributed by atoms with Gasteiger partial charge >= 0.3 is 0 Å². The zero-order valence-electron chi connectivity index (χ0n) is 10.9. The van der Waals surface area contributed by atoms with Crippen molar-refractivity contribution in [1.29, 1.82) is 0 Å². The Morgan fingerprint density at radius 1 is 1.32 bits per heavy atom. The normalized spacial score (nSPS) is 26.3. The molecular weight excluding hydrogens is 258 g/mol. The first-order valence-electron chi connectivity index (χ1n) is 6.93.